The summed E-state index contributed by atoms with van der Waals surface area (Å²) >= 11 is 0. The topological polar surface area (TPSA) is 38.7 Å². The SMILES string of the molecule is CC(C)c1ccc2ccc(C(C)CCC(C)c3ccc4ncc(C(C)C)nc4c3)cc2n1. The Labute approximate surface area is 192 Å². The molecule has 0 spiro atoms. The van der Waals surface area contributed by atoms with Crippen molar-refractivity contribution in [2.75, 3.05) is 0 Å². The van der Waals surface area contributed by atoms with E-state index < -0.39 is 0 Å². The molecule has 3 heteroatoms. The highest BCUT2D eigenvalue weighted by Crippen LogP contribution is 2.30. The molecule has 0 amide bonds. The molecule has 0 aliphatic carbocycles. The van der Waals surface area contributed by atoms with E-state index in [0.717, 1.165) is 40.8 Å². The van der Waals surface area contributed by atoms with E-state index in [1.54, 1.807) is 0 Å². The second kappa shape index (κ2) is 9.36. The molecular formula is C29H35N3. The molecule has 0 saturated carbocycles. The Hall–Kier alpha value is -2.81. The Balaban J connectivity index is 1.47. The van der Waals surface area contributed by atoms with E-state index in [4.69, 9.17) is 9.97 Å². The molecule has 0 saturated heterocycles. The van der Waals surface area contributed by atoms with Gasteiger partial charge < -0.3 is 0 Å². The van der Waals surface area contributed by atoms with Crippen LogP contribution in [0.3, 0.4) is 0 Å². The molecule has 4 rings (SSSR count). The van der Waals surface area contributed by atoms with Gasteiger partial charge in [-0.3, -0.25) is 9.97 Å². The molecular weight excluding hydrogens is 390 g/mol. The van der Waals surface area contributed by atoms with Crippen molar-refractivity contribution in [2.24, 2.45) is 0 Å². The predicted octanol–water partition coefficient (Wildman–Crippen LogP) is 8.11. The second-order valence-corrected chi connectivity index (χ2v) is 9.92. The zero-order valence-electron chi connectivity index (χ0n) is 20.3. The Morgan fingerprint density at radius 3 is 1.81 bits per heavy atom. The largest absolute Gasteiger partial charge is 0.253 e. The van der Waals surface area contributed by atoms with E-state index in [0.29, 0.717) is 23.7 Å². The standard InChI is InChI=1S/C29H35N3/c1-18(2)25-13-11-22-9-10-23(15-27(22)31-25)20(5)7-8-21(6)24-12-14-26-28(16-24)32-29(17-30-26)19(3)4/h9-21H,7-8H2,1-6H3. The van der Waals surface area contributed by atoms with E-state index in [1.165, 1.54) is 16.5 Å². The molecule has 2 aromatic heterocycles. The number of benzene rings is 2. The van der Waals surface area contributed by atoms with Gasteiger partial charge in [-0.25, -0.2) is 4.98 Å². The van der Waals surface area contributed by atoms with Gasteiger partial charge in [0.15, 0.2) is 0 Å². The van der Waals surface area contributed by atoms with Gasteiger partial charge in [0.2, 0.25) is 0 Å². The quantitative estimate of drug-likeness (QED) is 0.300. The minimum Gasteiger partial charge on any atom is -0.253 e. The first kappa shape index (κ1) is 22.4. The van der Waals surface area contributed by atoms with Gasteiger partial charge in [0.05, 0.1) is 22.2 Å². The highest BCUT2D eigenvalue weighted by molar-refractivity contribution is 5.79. The van der Waals surface area contributed by atoms with E-state index >= 15 is 0 Å². The number of pyridine rings is 1. The number of nitrogens with zero attached hydrogens (tertiary/aromatic N) is 3. The highest BCUT2D eigenvalue weighted by atomic mass is 14.8. The lowest BCUT2D eigenvalue weighted by Gasteiger charge is -2.17. The Kier molecular flexibility index (Phi) is 6.55. The Morgan fingerprint density at radius 2 is 1.16 bits per heavy atom. The summed E-state index contributed by atoms with van der Waals surface area (Å²) in [5.41, 5.74) is 8.05. The van der Waals surface area contributed by atoms with Crippen molar-refractivity contribution in [3.8, 4) is 0 Å². The summed E-state index contributed by atoms with van der Waals surface area (Å²) in [7, 11) is 0. The van der Waals surface area contributed by atoms with Crippen LogP contribution in [-0.4, -0.2) is 15.0 Å². The molecule has 2 heterocycles. The zero-order valence-corrected chi connectivity index (χ0v) is 20.3. The van der Waals surface area contributed by atoms with Crippen molar-refractivity contribution in [3.05, 3.63) is 77.2 Å². The van der Waals surface area contributed by atoms with Crippen LogP contribution in [-0.2, 0) is 0 Å². The summed E-state index contributed by atoms with van der Waals surface area (Å²) < 4.78 is 0. The summed E-state index contributed by atoms with van der Waals surface area (Å²) in [6, 6.07) is 17.7. The highest BCUT2D eigenvalue weighted by Gasteiger charge is 2.13. The van der Waals surface area contributed by atoms with Crippen molar-refractivity contribution in [1.82, 2.24) is 15.0 Å². The van der Waals surface area contributed by atoms with Gasteiger partial charge in [-0.05, 0) is 71.9 Å². The lowest BCUT2D eigenvalue weighted by atomic mass is 9.88. The molecule has 166 valence electrons. The average molecular weight is 426 g/mol. The molecule has 0 radical (unpaired) electrons. The third-order valence-electron chi connectivity index (χ3n) is 6.68. The van der Waals surface area contributed by atoms with E-state index in [9.17, 15) is 0 Å². The van der Waals surface area contributed by atoms with Crippen LogP contribution in [0.4, 0.5) is 0 Å². The van der Waals surface area contributed by atoms with Crippen LogP contribution < -0.4 is 0 Å². The van der Waals surface area contributed by atoms with Crippen LogP contribution in [0.1, 0.15) is 101 Å². The van der Waals surface area contributed by atoms with E-state index in [1.807, 2.05) is 6.20 Å². The molecule has 4 aromatic rings. The molecule has 32 heavy (non-hydrogen) atoms. The van der Waals surface area contributed by atoms with Gasteiger partial charge in [0, 0.05) is 17.3 Å². The fraction of sp³-hybridized carbons (Fsp3) is 0.414. The molecule has 2 atom stereocenters. The average Bonchev–Trinajstić information content (AvgIpc) is 2.80. The van der Waals surface area contributed by atoms with E-state index in [-0.39, 0.29) is 0 Å². The molecule has 0 aliphatic rings. The van der Waals surface area contributed by atoms with Crippen LogP contribution in [0.25, 0.3) is 21.9 Å². The Bertz CT molecular complexity index is 1130. The third-order valence-corrected chi connectivity index (χ3v) is 6.68. The molecule has 0 N–H and O–H groups in total. The van der Waals surface area contributed by atoms with Crippen molar-refractivity contribution >= 4 is 21.9 Å². The Morgan fingerprint density at radius 1 is 0.594 bits per heavy atom. The van der Waals surface area contributed by atoms with Crippen LogP contribution >= 0.6 is 0 Å². The number of aromatic nitrogens is 3. The lowest BCUT2D eigenvalue weighted by molar-refractivity contribution is 0.574. The fourth-order valence-electron chi connectivity index (χ4n) is 4.24. The molecule has 2 aromatic carbocycles. The third kappa shape index (κ3) is 4.82. The van der Waals surface area contributed by atoms with E-state index in [2.05, 4.69) is 95.1 Å². The number of hydrogen-bond donors (Lipinski definition) is 0. The molecule has 0 aliphatic heterocycles. The number of hydrogen-bond acceptors (Lipinski definition) is 3. The normalized spacial score (nSPS) is 13.9. The van der Waals surface area contributed by atoms with Gasteiger partial charge >= 0.3 is 0 Å². The fourth-order valence-corrected chi connectivity index (χ4v) is 4.24. The van der Waals surface area contributed by atoms with Gasteiger partial charge in [0.1, 0.15) is 0 Å². The van der Waals surface area contributed by atoms with Gasteiger partial charge in [-0.2, -0.15) is 0 Å². The minimum atomic E-state index is 0.391. The molecule has 0 fully saturated rings. The summed E-state index contributed by atoms with van der Waals surface area (Å²) in [5, 5.41) is 1.22. The van der Waals surface area contributed by atoms with Gasteiger partial charge in [0.25, 0.3) is 0 Å². The maximum atomic E-state index is 4.90. The molecule has 0 bridgehead atoms. The number of fused-ring (bicyclic) bond motifs is 2. The first-order valence-corrected chi connectivity index (χ1v) is 12.0. The van der Waals surface area contributed by atoms with Crippen molar-refractivity contribution in [3.63, 3.8) is 0 Å². The first-order chi connectivity index (χ1) is 15.3. The van der Waals surface area contributed by atoms with Gasteiger partial charge in [-0.15, -0.1) is 0 Å². The molecule has 2 unspecified atom stereocenters. The summed E-state index contributed by atoms with van der Waals surface area (Å²) in [4.78, 5) is 14.3. The first-order valence-electron chi connectivity index (χ1n) is 12.0. The summed E-state index contributed by atoms with van der Waals surface area (Å²) in [6.45, 7) is 13.4. The summed E-state index contributed by atoms with van der Waals surface area (Å²) in [5.74, 6) is 1.82. The van der Waals surface area contributed by atoms with Crippen molar-refractivity contribution in [1.29, 1.82) is 0 Å². The maximum Gasteiger partial charge on any atom is 0.0893 e. The smallest absolute Gasteiger partial charge is 0.0893 e. The van der Waals surface area contributed by atoms with Crippen LogP contribution in [0.5, 0.6) is 0 Å². The zero-order chi connectivity index (χ0) is 22.8. The van der Waals surface area contributed by atoms with Crippen LogP contribution in [0.15, 0.2) is 54.7 Å². The summed E-state index contributed by atoms with van der Waals surface area (Å²) in [6.07, 6.45) is 4.19. The molecule has 3 nitrogen and oxygen atoms in total. The predicted molar refractivity (Wildman–Crippen MR) is 136 cm³/mol. The lowest BCUT2D eigenvalue weighted by Crippen LogP contribution is -2.01. The van der Waals surface area contributed by atoms with Crippen molar-refractivity contribution < 1.29 is 0 Å². The number of rotatable bonds is 7. The second-order valence-electron chi connectivity index (χ2n) is 9.92. The minimum absolute atomic E-state index is 0.391. The van der Waals surface area contributed by atoms with Crippen LogP contribution in [0, 0.1) is 0 Å². The monoisotopic (exact) mass is 425 g/mol. The maximum absolute atomic E-state index is 4.90. The van der Waals surface area contributed by atoms with Crippen LogP contribution in [0.2, 0.25) is 0 Å². The van der Waals surface area contributed by atoms with Crippen molar-refractivity contribution in [2.45, 2.75) is 78.1 Å². The van der Waals surface area contributed by atoms with Gasteiger partial charge in [-0.1, -0.05) is 65.8 Å².